The van der Waals surface area contributed by atoms with E-state index in [4.69, 9.17) is 18.9 Å². The third-order valence-corrected chi connectivity index (χ3v) is 12.4. The molecule has 2 saturated carbocycles. The second kappa shape index (κ2) is 13.1. The van der Waals surface area contributed by atoms with Crippen molar-refractivity contribution in [3.05, 3.63) is 82.9 Å². The molecule has 0 radical (unpaired) electrons. The minimum Gasteiger partial charge on any atom is -0.456 e. The first-order valence-electron chi connectivity index (χ1n) is 16.9. The number of thiol groups is 1. The standard InChI is InChI=1S/C38H44O12S/c1-19-23(48-34(45)28(42)29(51)21-12-8-6-9-13-21)17-38(46)32(49-33(44)22-14-10-7-11-15-22)30-36(5,31(43)27(41)26(19)35(38,3)4)24(40)16-25-37(30,18-47-25)50-20(2)39/h6-15,23-25,27-30,32,40-42,46,51H,16-18H2,1-5H3/t23-,24-,25+,27+,28+,29-,30-,32-,36+,37-,38+/m0/s1. The quantitative estimate of drug-likeness (QED) is 0.122. The number of hydrogen-bond donors (Lipinski definition) is 5. The smallest absolute Gasteiger partial charge is 0.338 e. The van der Waals surface area contributed by atoms with E-state index >= 15 is 0 Å². The van der Waals surface area contributed by atoms with E-state index < -0.39 is 99.9 Å². The second-order valence-corrected chi connectivity index (χ2v) is 15.5. The molecule has 3 fully saturated rings. The first-order chi connectivity index (χ1) is 23.9. The Hall–Kier alpha value is -3.59. The Kier molecular flexibility index (Phi) is 9.56. The number of hydrogen-bond acceptors (Lipinski definition) is 13. The van der Waals surface area contributed by atoms with Crippen LogP contribution < -0.4 is 0 Å². The molecule has 2 aromatic rings. The van der Waals surface area contributed by atoms with Gasteiger partial charge in [-0.3, -0.25) is 9.59 Å². The van der Waals surface area contributed by atoms with Crippen molar-refractivity contribution in [2.45, 2.75) is 101 Å². The number of benzene rings is 2. The highest BCUT2D eigenvalue weighted by Crippen LogP contribution is 2.64. The highest BCUT2D eigenvalue weighted by Gasteiger charge is 2.78. The van der Waals surface area contributed by atoms with Gasteiger partial charge in [-0.05, 0) is 42.7 Å². The Bertz CT molecular complexity index is 1750. The fourth-order valence-corrected chi connectivity index (χ4v) is 9.24. The van der Waals surface area contributed by atoms with Gasteiger partial charge in [-0.25, -0.2) is 9.59 Å². The molecule has 274 valence electrons. The molecule has 0 aromatic heterocycles. The van der Waals surface area contributed by atoms with Gasteiger partial charge >= 0.3 is 17.9 Å². The number of ketones is 1. The summed E-state index contributed by atoms with van der Waals surface area (Å²) in [7, 11) is 0. The predicted octanol–water partition coefficient (Wildman–Crippen LogP) is 2.66. The van der Waals surface area contributed by atoms with Gasteiger partial charge in [0.25, 0.3) is 0 Å². The number of ether oxygens (including phenoxy) is 4. The monoisotopic (exact) mass is 724 g/mol. The van der Waals surface area contributed by atoms with E-state index in [-0.39, 0.29) is 29.7 Å². The number of fused-ring (bicyclic) bond motifs is 5. The third kappa shape index (κ3) is 5.64. The van der Waals surface area contributed by atoms with E-state index in [1.807, 2.05) is 0 Å². The fourth-order valence-electron chi connectivity index (χ4n) is 8.95. The van der Waals surface area contributed by atoms with Crippen molar-refractivity contribution in [1.29, 1.82) is 0 Å². The summed E-state index contributed by atoms with van der Waals surface area (Å²) in [5.41, 5.74) is -6.56. The summed E-state index contributed by atoms with van der Waals surface area (Å²) < 4.78 is 23.9. The average molecular weight is 725 g/mol. The van der Waals surface area contributed by atoms with Crippen LogP contribution in [0.5, 0.6) is 0 Å². The molecule has 2 bridgehead atoms. The number of carbonyl (C=O) groups excluding carboxylic acids is 4. The largest absolute Gasteiger partial charge is 0.456 e. The Morgan fingerprint density at radius 1 is 0.980 bits per heavy atom. The molecule has 0 spiro atoms. The molecule has 0 unspecified atom stereocenters. The minimum atomic E-state index is -2.26. The maximum atomic E-state index is 14.8. The summed E-state index contributed by atoms with van der Waals surface area (Å²) in [6, 6.07) is 16.5. The van der Waals surface area contributed by atoms with Crippen LogP contribution in [-0.2, 0) is 33.3 Å². The SMILES string of the molecule is CC(=O)O[C@@]12CO[C@@H]1C[C@H](O)[C@@]1(C)C(=O)[C@H](O)C3=C(C)[C@@H](OC(=O)[C@H](O)[C@@H](S)c4ccccc4)C[C@@](O)([C@@H](OC(=O)c4ccccc4)[C@H]21)C3(C)C. The lowest BCUT2D eigenvalue weighted by molar-refractivity contribution is -0.346. The molecular formula is C38H44O12S. The molecule has 4 N–H and O–H groups in total. The number of rotatable bonds is 7. The Balaban J connectivity index is 1.53. The Labute approximate surface area is 301 Å². The summed E-state index contributed by atoms with van der Waals surface area (Å²) in [4.78, 5) is 55.0. The van der Waals surface area contributed by atoms with Crippen LogP contribution in [0.15, 0.2) is 71.8 Å². The highest BCUT2D eigenvalue weighted by atomic mass is 32.1. The van der Waals surface area contributed by atoms with Crippen LogP contribution >= 0.6 is 12.6 Å². The van der Waals surface area contributed by atoms with Gasteiger partial charge in [-0.1, -0.05) is 62.4 Å². The van der Waals surface area contributed by atoms with Gasteiger partial charge in [-0.15, -0.1) is 0 Å². The van der Waals surface area contributed by atoms with Crippen molar-refractivity contribution in [1.82, 2.24) is 0 Å². The molecule has 12 nitrogen and oxygen atoms in total. The molecule has 11 atom stereocenters. The van der Waals surface area contributed by atoms with Crippen LogP contribution in [0, 0.1) is 16.7 Å². The summed E-state index contributed by atoms with van der Waals surface area (Å²) >= 11 is 4.45. The van der Waals surface area contributed by atoms with Crippen LogP contribution in [0.25, 0.3) is 0 Å². The highest BCUT2D eigenvalue weighted by molar-refractivity contribution is 7.80. The molecule has 2 aromatic carbocycles. The van der Waals surface area contributed by atoms with E-state index in [2.05, 4.69) is 12.6 Å². The zero-order chi connectivity index (χ0) is 37.3. The van der Waals surface area contributed by atoms with Crippen molar-refractivity contribution in [2.75, 3.05) is 6.61 Å². The molecule has 0 amide bonds. The molecule has 1 aliphatic heterocycles. The first-order valence-corrected chi connectivity index (χ1v) is 17.5. The lowest BCUT2D eigenvalue weighted by atomic mass is 9.44. The maximum absolute atomic E-state index is 14.8. The van der Waals surface area contributed by atoms with Crippen LogP contribution in [-0.4, -0.2) is 98.6 Å². The van der Waals surface area contributed by atoms with Gasteiger partial charge in [0.05, 0.1) is 34.9 Å². The lowest BCUT2D eigenvalue weighted by Gasteiger charge is -2.67. The topological polar surface area (TPSA) is 186 Å². The Morgan fingerprint density at radius 2 is 1.59 bits per heavy atom. The zero-order valence-electron chi connectivity index (χ0n) is 29.0. The predicted molar refractivity (Wildman–Crippen MR) is 183 cm³/mol. The van der Waals surface area contributed by atoms with Crippen LogP contribution in [0.1, 0.15) is 68.6 Å². The molecule has 6 rings (SSSR count). The van der Waals surface area contributed by atoms with Gasteiger partial charge in [0, 0.05) is 25.2 Å². The van der Waals surface area contributed by atoms with E-state index in [9.17, 15) is 39.6 Å². The summed E-state index contributed by atoms with van der Waals surface area (Å²) in [6.45, 7) is 7.03. The molecule has 13 heteroatoms. The number of Topliss-reactive ketones (excluding diaryl/α,β-unsaturated/α-hetero) is 1. The van der Waals surface area contributed by atoms with Crippen LogP contribution in [0.3, 0.4) is 0 Å². The number of aliphatic hydroxyl groups excluding tert-OH is 3. The summed E-state index contributed by atoms with van der Waals surface area (Å²) in [5, 5.41) is 47.1. The van der Waals surface area contributed by atoms with E-state index in [0.717, 1.165) is 0 Å². The molecule has 3 aliphatic carbocycles. The van der Waals surface area contributed by atoms with Crippen molar-refractivity contribution in [3.8, 4) is 0 Å². The Morgan fingerprint density at radius 3 is 2.16 bits per heavy atom. The minimum absolute atomic E-state index is 0.000164. The number of aliphatic hydroxyl groups is 4. The van der Waals surface area contributed by atoms with E-state index in [0.29, 0.717) is 5.56 Å². The lowest BCUT2D eigenvalue weighted by Crippen LogP contribution is -2.81. The summed E-state index contributed by atoms with van der Waals surface area (Å²) in [6.07, 6.45) is -9.78. The number of esters is 3. The van der Waals surface area contributed by atoms with E-state index in [1.54, 1.807) is 69.3 Å². The van der Waals surface area contributed by atoms with Gasteiger partial charge in [-0.2, -0.15) is 12.6 Å². The molecule has 4 aliphatic rings. The zero-order valence-corrected chi connectivity index (χ0v) is 29.9. The molecule has 51 heavy (non-hydrogen) atoms. The van der Waals surface area contributed by atoms with Gasteiger partial charge in [0.2, 0.25) is 0 Å². The summed E-state index contributed by atoms with van der Waals surface area (Å²) in [5.74, 6) is -5.03. The van der Waals surface area contributed by atoms with Crippen molar-refractivity contribution in [3.63, 3.8) is 0 Å². The van der Waals surface area contributed by atoms with Crippen molar-refractivity contribution >= 4 is 36.3 Å². The maximum Gasteiger partial charge on any atom is 0.338 e. The van der Waals surface area contributed by atoms with E-state index in [1.165, 1.54) is 26.0 Å². The van der Waals surface area contributed by atoms with Crippen LogP contribution in [0.4, 0.5) is 0 Å². The average Bonchev–Trinajstić information content (AvgIpc) is 3.09. The van der Waals surface area contributed by atoms with Crippen molar-refractivity contribution in [2.24, 2.45) is 16.7 Å². The molecular weight excluding hydrogens is 680 g/mol. The van der Waals surface area contributed by atoms with Gasteiger partial charge in [0.1, 0.15) is 30.0 Å². The molecule has 1 heterocycles. The van der Waals surface area contributed by atoms with Gasteiger partial charge in [0.15, 0.2) is 17.5 Å². The first kappa shape index (κ1) is 37.2. The normalized spacial score (nSPS) is 36.5. The number of carbonyl (C=O) groups is 4. The van der Waals surface area contributed by atoms with Gasteiger partial charge < -0.3 is 39.4 Å². The van der Waals surface area contributed by atoms with Crippen molar-refractivity contribution < 1.29 is 58.6 Å². The fraction of sp³-hybridized carbons (Fsp3) is 0.526. The molecule has 1 saturated heterocycles. The van der Waals surface area contributed by atoms with Crippen LogP contribution in [0.2, 0.25) is 0 Å². The second-order valence-electron chi connectivity index (χ2n) is 14.9. The third-order valence-electron chi connectivity index (χ3n) is 11.9.